The molecule has 0 spiro atoms. The largest absolute Gasteiger partial charge is 0.369 e. The molecule has 2 N–H and O–H groups in total. The van der Waals surface area contributed by atoms with Crippen molar-refractivity contribution in [3.05, 3.63) is 44.8 Å². The summed E-state index contributed by atoms with van der Waals surface area (Å²) in [6, 6.07) is 7.10. The number of hydrogen-bond acceptors (Lipinski definition) is 4. The Kier molecular flexibility index (Phi) is 6.61. The SMILES string of the molecule is CN(C)C=NC(=O)c1cccs1.NC(=O)c1cccs1. The van der Waals surface area contributed by atoms with Crippen molar-refractivity contribution in [2.24, 2.45) is 10.7 Å². The van der Waals surface area contributed by atoms with Crippen LogP contribution in [0.25, 0.3) is 0 Å². The second kappa shape index (κ2) is 8.23. The molecule has 0 aliphatic rings. The predicted molar refractivity (Wildman–Crippen MR) is 83.7 cm³/mol. The molecule has 0 aromatic carbocycles. The quantitative estimate of drug-likeness (QED) is 0.698. The number of primary amides is 1. The Morgan fingerprint density at radius 2 is 1.70 bits per heavy atom. The lowest BCUT2D eigenvalue weighted by Gasteiger charge is -2.00. The Morgan fingerprint density at radius 3 is 2.05 bits per heavy atom. The Hall–Kier alpha value is -1.99. The first-order valence-corrected chi connectivity index (χ1v) is 7.38. The molecule has 5 nitrogen and oxygen atoms in total. The van der Waals surface area contributed by atoms with Crippen molar-refractivity contribution in [2.45, 2.75) is 0 Å². The number of nitrogens with zero attached hydrogens (tertiary/aromatic N) is 2. The number of rotatable bonds is 3. The number of nitrogens with two attached hydrogens (primary N) is 1. The van der Waals surface area contributed by atoms with Gasteiger partial charge in [0.1, 0.15) is 0 Å². The summed E-state index contributed by atoms with van der Waals surface area (Å²) < 4.78 is 0. The molecular weight excluding hydrogens is 294 g/mol. The summed E-state index contributed by atoms with van der Waals surface area (Å²) in [6.07, 6.45) is 1.50. The second-order valence-corrected chi connectivity index (χ2v) is 5.73. The third kappa shape index (κ3) is 5.77. The van der Waals surface area contributed by atoms with Crippen LogP contribution in [-0.2, 0) is 0 Å². The van der Waals surface area contributed by atoms with E-state index in [0.717, 1.165) is 0 Å². The maximum atomic E-state index is 11.2. The van der Waals surface area contributed by atoms with Crippen LogP contribution in [0.4, 0.5) is 0 Å². The van der Waals surface area contributed by atoms with Gasteiger partial charge in [-0.1, -0.05) is 12.1 Å². The lowest BCUT2D eigenvalue weighted by Crippen LogP contribution is -2.09. The van der Waals surface area contributed by atoms with Crippen molar-refractivity contribution >= 4 is 40.8 Å². The summed E-state index contributed by atoms with van der Waals surface area (Å²) in [5.41, 5.74) is 4.93. The lowest BCUT2D eigenvalue weighted by molar-refractivity contribution is 0.0996. The van der Waals surface area contributed by atoms with Gasteiger partial charge in [0.15, 0.2) is 0 Å². The summed E-state index contributed by atoms with van der Waals surface area (Å²) in [6.45, 7) is 0. The van der Waals surface area contributed by atoms with E-state index < -0.39 is 0 Å². The highest BCUT2D eigenvalue weighted by Crippen LogP contribution is 2.09. The molecule has 0 aliphatic heterocycles. The minimum atomic E-state index is -0.347. The highest BCUT2D eigenvalue weighted by Gasteiger charge is 2.02. The normalized spacial score (nSPS) is 9.90. The fourth-order valence-corrected chi connectivity index (χ4v) is 2.24. The average Bonchev–Trinajstić information content (AvgIpc) is 3.08. The van der Waals surface area contributed by atoms with Gasteiger partial charge in [-0.2, -0.15) is 4.99 Å². The average molecular weight is 309 g/mol. The maximum Gasteiger partial charge on any atom is 0.288 e. The Labute approximate surface area is 125 Å². The van der Waals surface area contributed by atoms with E-state index in [0.29, 0.717) is 9.75 Å². The maximum absolute atomic E-state index is 11.2. The fourth-order valence-electron chi connectivity index (χ4n) is 1.05. The van der Waals surface area contributed by atoms with E-state index in [2.05, 4.69) is 4.99 Å². The molecule has 2 rings (SSSR count). The van der Waals surface area contributed by atoms with Crippen molar-refractivity contribution in [2.75, 3.05) is 14.1 Å². The Morgan fingerprint density at radius 1 is 1.15 bits per heavy atom. The Bertz CT molecular complexity index is 560. The van der Waals surface area contributed by atoms with E-state index in [4.69, 9.17) is 5.73 Å². The standard InChI is InChI=1S/C8H10N2OS.C5H5NOS/c1-10(2)6-9-8(11)7-4-3-5-12-7;6-5(7)4-2-1-3-8-4/h3-6H,1-2H3;1-3H,(H2,6,7). The van der Waals surface area contributed by atoms with Crippen LogP contribution in [-0.4, -0.2) is 37.1 Å². The van der Waals surface area contributed by atoms with Crippen LogP contribution in [0, 0.1) is 0 Å². The minimum absolute atomic E-state index is 0.182. The van der Waals surface area contributed by atoms with Crippen molar-refractivity contribution in [1.29, 1.82) is 0 Å². The van der Waals surface area contributed by atoms with Gasteiger partial charge >= 0.3 is 0 Å². The van der Waals surface area contributed by atoms with E-state index in [1.165, 1.54) is 29.0 Å². The van der Waals surface area contributed by atoms with Crippen molar-refractivity contribution in [3.63, 3.8) is 0 Å². The van der Waals surface area contributed by atoms with Gasteiger partial charge in [0.25, 0.3) is 11.8 Å². The van der Waals surface area contributed by atoms with Gasteiger partial charge in [0.2, 0.25) is 0 Å². The van der Waals surface area contributed by atoms with Gasteiger partial charge in [0, 0.05) is 14.1 Å². The summed E-state index contributed by atoms with van der Waals surface area (Å²) in [4.78, 5) is 28.2. The summed E-state index contributed by atoms with van der Waals surface area (Å²) in [5, 5.41) is 3.68. The molecular formula is C13H15N3O2S2. The first kappa shape index (κ1) is 16.1. The molecule has 0 saturated heterocycles. The monoisotopic (exact) mass is 309 g/mol. The van der Waals surface area contributed by atoms with Crippen LogP contribution in [0.1, 0.15) is 19.3 Å². The predicted octanol–water partition coefficient (Wildman–Crippen LogP) is 2.33. The molecule has 0 aliphatic carbocycles. The van der Waals surface area contributed by atoms with Crippen LogP contribution < -0.4 is 5.73 Å². The number of carbonyl (C=O) groups excluding carboxylic acids is 2. The molecule has 0 atom stereocenters. The molecule has 0 bridgehead atoms. The molecule has 2 aromatic heterocycles. The molecule has 20 heavy (non-hydrogen) atoms. The number of amides is 2. The molecule has 2 heterocycles. The topological polar surface area (TPSA) is 75.8 Å². The molecule has 106 valence electrons. The summed E-state index contributed by atoms with van der Waals surface area (Å²) >= 11 is 2.76. The van der Waals surface area contributed by atoms with Gasteiger partial charge in [-0.3, -0.25) is 9.59 Å². The number of thiophene rings is 2. The molecule has 0 radical (unpaired) electrons. The number of hydrogen-bond donors (Lipinski definition) is 1. The van der Waals surface area contributed by atoms with Crippen LogP contribution >= 0.6 is 22.7 Å². The van der Waals surface area contributed by atoms with Crippen molar-refractivity contribution in [1.82, 2.24) is 4.90 Å². The lowest BCUT2D eigenvalue weighted by atomic mass is 10.4. The van der Waals surface area contributed by atoms with Crippen LogP contribution in [0.2, 0.25) is 0 Å². The Balaban J connectivity index is 0.000000217. The third-order valence-corrected chi connectivity index (χ3v) is 3.64. The van der Waals surface area contributed by atoms with Gasteiger partial charge in [0.05, 0.1) is 16.1 Å². The zero-order valence-corrected chi connectivity index (χ0v) is 12.8. The van der Waals surface area contributed by atoms with E-state index >= 15 is 0 Å². The van der Waals surface area contributed by atoms with E-state index in [1.807, 2.05) is 30.9 Å². The van der Waals surface area contributed by atoms with Crippen LogP contribution in [0.5, 0.6) is 0 Å². The molecule has 0 saturated carbocycles. The van der Waals surface area contributed by atoms with E-state index in [1.54, 1.807) is 23.1 Å². The summed E-state index contributed by atoms with van der Waals surface area (Å²) in [7, 11) is 3.65. The molecule has 0 unspecified atom stereocenters. The first-order valence-electron chi connectivity index (χ1n) is 5.62. The zero-order chi connectivity index (χ0) is 15.0. The number of carbonyl (C=O) groups is 2. The summed E-state index contributed by atoms with van der Waals surface area (Å²) in [5.74, 6) is -0.529. The number of aliphatic imine (C=N–C) groups is 1. The fraction of sp³-hybridized carbons (Fsp3) is 0.154. The molecule has 2 aromatic rings. The smallest absolute Gasteiger partial charge is 0.288 e. The first-order chi connectivity index (χ1) is 9.50. The third-order valence-electron chi connectivity index (χ3n) is 1.90. The van der Waals surface area contributed by atoms with Gasteiger partial charge in [-0.15, -0.1) is 22.7 Å². The van der Waals surface area contributed by atoms with Gasteiger partial charge in [-0.05, 0) is 22.9 Å². The van der Waals surface area contributed by atoms with Gasteiger partial charge in [-0.25, -0.2) is 0 Å². The molecule has 7 heteroatoms. The van der Waals surface area contributed by atoms with Crippen molar-refractivity contribution < 1.29 is 9.59 Å². The van der Waals surface area contributed by atoms with Gasteiger partial charge < -0.3 is 10.6 Å². The highest BCUT2D eigenvalue weighted by atomic mass is 32.1. The highest BCUT2D eigenvalue weighted by molar-refractivity contribution is 7.12. The molecule has 2 amide bonds. The van der Waals surface area contributed by atoms with Crippen LogP contribution in [0.3, 0.4) is 0 Å². The minimum Gasteiger partial charge on any atom is -0.369 e. The van der Waals surface area contributed by atoms with Crippen molar-refractivity contribution in [3.8, 4) is 0 Å². The zero-order valence-electron chi connectivity index (χ0n) is 11.1. The molecule has 0 fully saturated rings. The second-order valence-electron chi connectivity index (χ2n) is 3.83. The van der Waals surface area contributed by atoms with E-state index in [9.17, 15) is 9.59 Å². The van der Waals surface area contributed by atoms with E-state index in [-0.39, 0.29) is 11.8 Å². The van der Waals surface area contributed by atoms with Crippen LogP contribution in [0.15, 0.2) is 40.0 Å².